The second kappa shape index (κ2) is 20.1. The molecule has 0 spiro atoms. The maximum atomic E-state index is 12.0. The van der Waals surface area contributed by atoms with E-state index in [2.05, 4.69) is 13.8 Å². The van der Waals surface area contributed by atoms with Crippen molar-refractivity contribution in [3.63, 3.8) is 0 Å². The molecule has 0 N–H and O–H groups in total. The third-order valence-corrected chi connectivity index (χ3v) is 5.26. The molecule has 0 aliphatic carbocycles. The Morgan fingerprint density at radius 2 is 0.920 bits per heavy atom. The Kier molecular flexibility index (Phi) is 19.9. The molecule has 1 amide bonds. The maximum absolute atomic E-state index is 12.0. The molecule has 0 aromatic heterocycles. The first-order valence-electron chi connectivity index (χ1n) is 11.1. The van der Waals surface area contributed by atoms with E-state index >= 15 is 0 Å². The fraction of sp³-hybridized carbons (Fsp3) is 0.955. The van der Waals surface area contributed by atoms with Gasteiger partial charge in [0, 0.05) is 13.1 Å². The number of nitrogens with zero attached hydrogens (tertiary/aromatic N) is 1. The Labute approximate surface area is 163 Å². The number of hydrogen-bond acceptors (Lipinski definition) is 1. The first-order chi connectivity index (χ1) is 12.3. The molecule has 150 valence electrons. The van der Waals surface area contributed by atoms with Gasteiger partial charge in [0.05, 0.1) is 0 Å². The lowest BCUT2D eigenvalue weighted by atomic mass is 10.1. The summed E-state index contributed by atoms with van der Waals surface area (Å²) in [6, 6.07) is 0. The molecule has 0 fully saturated rings. The fourth-order valence-corrected chi connectivity index (χ4v) is 3.49. The van der Waals surface area contributed by atoms with E-state index in [1.165, 1.54) is 89.9 Å². The van der Waals surface area contributed by atoms with Gasteiger partial charge in [0.15, 0.2) is 0 Å². The minimum atomic E-state index is 0.118. The highest BCUT2D eigenvalue weighted by atomic mass is 35.5. The van der Waals surface area contributed by atoms with Crippen molar-refractivity contribution < 1.29 is 4.79 Å². The standard InChI is InChI=1S/C22H44ClNO/c1-3-5-7-9-11-13-15-17-19-24(22(25)21-23)20-18-16-14-12-10-8-6-4-2/h3-21H2,1-2H3. The van der Waals surface area contributed by atoms with Crippen molar-refractivity contribution >= 4 is 17.5 Å². The predicted octanol–water partition coefficient (Wildman–Crippen LogP) is 7.34. The largest absolute Gasteiger partial charge is 0.342 e. The Morgan fingerprint density at radius 3 is 1.24 bits per heavy atom. The van der Waals surface area contributed by atoms with Crippen LogP contribution < -0.4 is 0 Å². The highest BCUT2D eigenvalue weighted by Gasteiger charge is 2.11. The van der Waals surface area contributed by atoms with Crippen molar-refractivity contribution in [1.82, 2.24) is 4.90 Å². The van der Waals surface area contributed by atoms with Crippen LogP contribution in [-0.2, 0) is 4.79 Å². The van der Waals surface area contributed by atoms with Gasteiger partial charge < -0.3 is 4.90 Å². The van der Waals surface area contributed by atoms with Crippen molar-refractivity contribution in [2.24, 2.45) is 0 Å². The van der Waals surface area contributed by atoms with Crippen LogP contribution in [-0.4, -0.2) is 29.8 Å². The molecule has 0 bridgehead atoms. The number of hydrogen-bond donors (Lipinski definition) is 0. The molecular weight excluding hydrogens is 330 g/mol. The molecule has 0 aliphatic heterocycles. The van der Waals surface area contributed by atoms with Crippen LogP contribution >= 0.6 is 11.6 Å². The van der Waals surface area contributed by atoms with Gasteiger partial charge in [0.25, 0.3) is 0 Å². The Bertz CT molecular complexity index is 263. The molecule has 0 radical (unpaired) electrons. The first kappa shape index (κ1) is 24.8. The van der Waals surface area contributed by atoms with Gasteiger partial charge in [0.1, 0.15) is 5.88 Å². The lowest BCUT2D eigenvalue weighted by Gasteiger charge is -2.22. The zero-order valence-corrected chi connectivity index (χ0v) is 17.9. The van der Waals surface area contributed by atoms with Gasteiger partial charge in [0.2, 0.25) is 5.91 Å². The average Bonchev–Trinajstić information content (AvgIpc) is 2.63. The first-order valence-corrected chi connectivity index (χ1v) is 11.6. The number of halogens is 1. The number of carbonyl (C=O) groups is 1. The van der Waals surface area contributed by atoms with Gasteiger partial charge in [-0.2, -0.15) is 0 Å². The lowest BCUT2D eigenvalue weighted by Crippen LogP contribution is -2.33. The fourth-order valence-electron chi connectivity index (χ4n) is 3.32. The number of rotatable bonds is 19. The van der Waals surface area contributed by atoms with Crippen molar-refractivity contribution in [3.05, 3.63) is 0 Å². The molecule has 0 unspecified atom stereocenters. The van der Waals surface area contributed by atoms with Gasteiger partial charge in [-0.1, -0.05) is 104 Å². The summed E-state index contributed by atoms with van der Waals surface area (Å²) in [5.41, 5.74) is 0. The smallest absolute Gasteiger partial charge is 0.237 e. The third kappa shape index (κ3) is 17.0. The molecule has 0 aromatic carbocycles. The zero-order chi connectivity index (χ0) is 18.6. The quantitative estimate of drug-likeness (QED) is 0.171. The summed E-state index contributed by atoms with van der Waals surface area (Å²) >= 11 is 5.78. The van der Waals surface area contributed by atoms with Crippen molar-refractivity contribution in [3.8, 4) is 0 Å². The molecule has 3 heteroatoms. The van der Waals surface area contributed by atoms with Crippen LogP contribution in [0.2, 0.25) is 0 Å². The molecule has 0 atom stereocenters. The topological polar surface area (TPSA) is 20.3 Å². The van der Waals surface area contributed by atoms with Crippen LogP contribution in [0.3, 0.4) is 0 Å². The normalized spacial score (nSPS) is 11.0. The number of unbranched alkanes of at least 4 members (excludes halogenated alkanes) is 14. The molecule has 0 saturated carbocycles. The summed E-state index contributed by atoms with van der Waals surface area (Å²) in [6.45, 7) is 6.32. The second-order valence-corrected chi connectivity index (χ2v) is 7.73. The van der Waals surface area contributed by atoms with E-state index in [1.807, 2.05) is 4.90 Å². The molecule has 25 heavy (non-hydrogen) atoms. The van der Waals surface area contributed by atoms with Gasteiger partial charge >= 0.3 is 0 Å². The third-order valence-electron chi connectivity index (χ3n) is 5.03. The van der Waals surface area contributed by atoms with Gasteiger partial charge in [-0.15, -0.1) is 11.6 Å². The molecule has 0 aromatic rings. The lowest BCUT2D eigenvalue weighted by molar-refractivity contribution is -0.128. The molecule has 2 nitrogen and oxygen atoms in total. The van der Waals surface area contributed by atoms with Crippen LogP contribution in [0.25, 0.3) is 0 Å². The number of alkyl halides is 1. The summed E-state index contributed by atoms with van der Waals surface area (Å²) in [6.07, 6.45) is 20.9. The van der Waals surface area contributed by atoms with Gasteiger partial charge in [-0.3, -0.25) is 4.79 Å². The summed E-state index contributed by atoms with van der Waals surface area (Å²) in [5, 5.41) is 0. The second-order valence-electron chi connectivity index (χ2n) is 7.46. The number of amides is 1. The summed E-state index contributed by atoms with van der Waals surface area (Å²) < 4.78 is 0. The highest BCUT2D eigenvalue weighted by Crippen LogP contribution is 2.11. The van der Waals surface area contributed by atoms with E-state index in [4.69, 9.17) is 11.6 Å². The zero-order valence-electron chi connectivity index (χ0n) is 17.2. The Hall–Kier alpha value is -0.240. The SMILES string of the molecule is CCCCCCCCCCN(CCCCCCCCCC)C(=O)CCl. The van der Waals surface area contributed by atoms with Crippen LogP contribution in [0.4, 0.5) is 0 Å². The number of carbonyl (C=O) groups excluding carboxylic acids is 1. The Morgan fingerprint density at radius 1 is 0.600 bits per heavy atom. The summed E-state index contributed by atoms with van der Waals surface area (Å²) in [7, 11) is 0. The van der Waals surface area contributed by atoms with E-state index in [-0.39, 0.29) is 11.8 Å². The van der Waals surface area contributed by atoms with Crippen molar-refractivity contribution in [1.29, 1.82) is 0 Å². The predicted molar refractivity (Wildman–Crippen MR) is 113 cm³/mol. The van der Waals surface area contributed by atoms with E-state index in [9.17, 15) is 4.79 Å². The van der Waals surface area contributed by atoms with Crippen LogP contribution in [0.1, 0.15) is 117 Å². The highest BCUT2D eigenvalue weighted by molar-refractivity contribution is 6.27. The van der Waals surface area contributed by atoms with E-state index in [0.29, 0.717) is 0 Å². The molecule has 0 rings (SSSR count). The molecule has 0 saturated heterocycles. The van der Waals surface area contributed by atoms with Gasteiger partial charge in [-0.05, 0) is 12.8 Å². The van der Waals surface area contributed by atoms with Crippen molar-refractivity contribution in [2.75, 3.05) is 19.0 Å². The monoisotopic (exact) mass is 373 g/mol. The summed E-state index contributed by atoms with van der Waals surface area (Å²) in [4.78, 5) is 14.0. The maximum Gasteiger partial charge on any atom is 0.237 e. The van der Waals surface area contributed by atoms with Crippen LogP contribution in [0.5, 0.6) is 0 Å². The van der Waals surface area contributed by atoms with Crippen LogP contribution in [0, 0.1) is 0 Å². The van der Waals surface area contributed by atoms with Crippen LogP contribution in [0.15, 0.2) is 0 Å². The molecule has 0 heterocycles. The minimum Gasteiger partial charge on any atom is -0.342 e. The van der Waals surface area contributed by atoms with E-state index in [1.54, 1.807) is 0 Å². The molecule has 0 aliphatic rings. The van der Waals surface area contributed by atoms with Gasteiger partial charge in [-0.25, -0.2) is 0 Å². The van der Waals surface area contributed by atoms with E-state index < -0.39 is 0 Å². The summed E-state index contributed by atoms with van der Waals surface area (Å²) in [5.74, 6) is 0.251. The van der Waals surface area contributed by atoms with Crippen molar-refractivity contribution in [2.45, 2.75) is 117 Å². The minimum absolute atomic E-state index is 0.118. The molecular formula is C22H44ClNO. The average molecular weight is 374 g/mol. The van der Waals surface area contributed by atoms with E-state index in [0.717, 1.165) is 25.9 Å². The Balaban J connectivity index is 3.64.